The Hall–Kier alpha value is -3.06. The van der Waals surface area contributed by atoms with Gasteiger partial charge in [-0.15, -0.1) is 5.10 Å². The molecular weight excluding hydrogens is 362 g/mol. The first kappa shape index (κ1) is 18.7. The minimum atomic E-state index is -0.0689. The zero-order chi connectivity index (χ0) is 19.4. The number of halogens is 1. The van der Waals surface area contributed by atoms with Crippen molar-refractivity contribution in [2.24, 2.45) is 0 Å². The van der Waals surface area contributed by atoms with Gasteiger partial charge in [0.25, 0.3) is 0 Å². The third-order valence-corrected chi connectivity index (χ3v) is 4.18. The van der Waals surface area contributed by atoms with Crippen molar-refractivity contribution in [2.45, 2.75) is 19.8 Å². The Balaban J connectivity index is 1.95. The van der Waals surface area contributed by atoms with E-state index in [9.17, 15) is 0 Å². The Kier molecular flexibility index (Phi) is 5.61. The lowest BCUT2D eigenvalue weighted by atomic mass is 10.1. The van der Waals surface area contributed by atoms with Crippen LogP contribution in [0.1, 0.15) is 30.9 Å². The summed E-state index contributed by atoms with van der Waals surface area (Å²) >= 11 is 5.89. The average Bonchev–Trinajstić information content (AvgIpc) is 2.65. The standard InChI is InChI=1S/C19H20ClN7/c1-11(2)12-7-18(27-24-9-12)26-17-5-4-15-16(25-17)6-13(8-23-15)14(10-22-3)19(20)21/h4-11,21-22H,1-3H3,(H,25,26,27)/b14-10-,21-19?. The largest absolute Gasteiger partial charge is 0.393 e. The molecule has 0 saturated carbocycles. The van der Waals surface area contributed by atoms with Crippen molar-refractivity contribution in [1.82, 2.24) is 25.5 Å². The van der Waals surface area contributed by atoms with Gasteiger partial charge < -0.3 is 10.6 Å². The highest BCUT2D eigenvalue weighted by molar-refractivity contribution is 6.75. The minimum Gasteiger partial charge on any atom is -0.393 e. The maximum atomic E-state index is 7.73. The molecule has 0 unspecified atom stereocenters. The molecule has 3 N–H and O–H groups in total. The number of hydrogen-bond donors (Lipinski definition) is 3. The van der Waals surface area contributed by atoms with Crippen LogP contribution in [-0.2, 0) is 0 Å². The van der Waals surface area contributed by atoms with Crippen LogP contribution < -0.4 is 10.6 Å². The van der Waals surface area contributed by atoms with Gasteiger partial charge >= 0.3 is 0 Å². The summed E-state index contributed by atoms with van der Waals surface area (Å²) in [7, 11) is 1.75. The number of aromatic nitrogens is 4. The van der Waals surface area contributed by atoms with Gasteiger partial charge in [-0.25, -0.2) is 4.98 Å². The first-order valence-corrected chi connectivity index (χ1v) is 8.84. The number of pyridine rings is 2. The van der Waals surface area contributed by atoms with E-state index in [0.29, 0.717) is 34.2 Å². The van der Waals surface area contributed by atoms with E-state index < -0.39 is 0 Å². The van der Waals surface area contributed by atoms with E-state index in [1.807, 2.05) is 24.3 Å². The maximum Gasteiger partial charge on any atom is 0.154 e. The topological polar surface area (TPSA) is 99.5 Å². The van der Waals surface area contributed by atoms with Gasteiger partial charge in [-0.2, -0.15) is 5.10 Å². The summed E-state index contributed by atoms with van der Waals surface area (Å²) in [6.45, 7) is 4.21. The van der Waals surface area contributed by atoms with Gasteiger partial charge in [-0.1, -0.05) is 25.4 Å². The molecule has 8 heteroatoms. The molecule has 138 valence electrons. The molecule has 3 aromatic heterocycles. The lowest BCUT2D eigenvalue weighted by Crippen LogP contribution is -2.02. The van der Waals surface area contributed by atoms with Crippen molar-refractivity contribution >= 4 is 45.0 Å². The van der Waals surface area contributed by atoms with Gasteiger partial charge in [0.2, 0.25) is 0 Å². The van der Waals surface area contributed by atoms with Crippen LogP contribution in [0.25, 0.3) is 16.6 Å². The Morgan fingerprint density at radius 3 is 2.67 bits per heavy atom. The zero-order valence-electron chi connectivity index (χ0n) is 15.3. The van der Waals surface area contributed by atoms with Crippen LogP contribution in [0.2, 0.25) is 0 Å². The van der Waals surface area contributed by atoms with Crippen molar-refractivity contribution in [2.75, 3.05) is 12.4 Å². The molecule has 0 amide bonds. The molecule has 3 heterocycles. The average molecular weight is 382 g/mol. The molecule has 0 saturated heterocycles. The Bertz CT molecular complexity index is 1010. The third kappa shape index (κ3) is 4.38. The van der Waals surface area contributed by atoms with Crippen LogP contribution in [-0.4, -0.2) is 32.4 Å². The summed E-state index contributed by atoms with van der Waals surface area (Å²) in [5, 5.41) is 21.9. The summed E-state index contributed by atoms with van der Waals surface area (Å²) in [6.07, 6.45) is 5.10. The smallest absolute Gasteiger partial charge is 0.154 e. The number of hydrogen-bond acceptors (Lipinski definition) is 7. The SMILES string of the molecule is CN/C=C(\C(=N)Cl)c1cnc2ccc(Nc3cc(C(C)C)cnn3)nc2c1. The molecule has 0 aliphatic carbocycles. The van der Waals surface area contributed by atoms with Crippen molar-refractivity contribution in [3.05, 3.63) is 54.0 Å². The van der Waals surface area contributed by atoms with Crippen molar-refractivity contribution in [1.29, 1.82) is 5.41 Å². The summed E-state index contributed by atoms with van der Waals surface area (Å²) in [5.41, 5.74) is 3.79. The van der Waals surface area contributed by atoms with Gasteiger partial charge in [0, 0.05) is 30.6 Å². The molecule has 0 aromatic carbocycles. The molecular formula is C19H20ClN7. The van der Waals surface area contributed by atoms with Crippen LogP contribution in [0.5, 0.6) is 0 Å². The highest BCUT2D eigenvalue weighted by atomic mass is 35.5. The molecule has 3 rings (SSSR count). The number of allylic oxidation sites excluding steroid dienone is 1. The predicted molar refractivity (Wildman–Crippen MR) is 110 cm³/mol. The van der Waals surface area contributed by atoms with Gasteiger partial charge in [0.05, 0.1) is 17.2 Å². The summed E-state index contributed by atoms with van der Waals surface area (Å²) in [4.78, 5) is 9.01. The zero-order valence-corrected chi connectivity index (χ0v) is 16.0. The first-order chi connectivity index (χ1) is 13.0. The number of nitrogens with zero attached hydrogens (tertiary/aromatic N) is 4. The van der Waals surface area contributed by atoms with E-state index in [1.165, 1.54) is 0 Å². The Morgan fingerprint density at radius 2 is 1.96 bits per heavy atom. The number of rotatable bonds is 6. The third-order valence-electron chi connectivity index (χ3n) is 3.97. The highest BCUT2D eigenvalue weighted by Crippen LogP contribution is 2.23. The quantitative estimate of drug-likeness (QED) is 0.557. The Morgan fingerprint density at radius 1 is 1.15 bits per heavy atom. The van der Waals surface area contributed by atoms with Gasteiger partial charge in [-0.3, -0.25) is 10.4 Å². The van der Waals surface area contributed by atoms with E-state index >= 15 is 0 Å². The second-order valence-electron chi connectivity index (χ2n) is 6.27. The van der Waals surface area contributed by atoms with E-state index in [1.54, 1.807) is 25.6 Å². The molecule has 0 spiro atoms. The molecule has 0 aliphatic rings. The van der Waals surface area contributed by atoms with E-state index in [0.717, 1.165) is 11.1 Å². The first-order valence-electron chi connectivity index (χ1n) is 8.46. The fourth-order valence-electron chi connectivity index (χ4n) is 2.53. The fraction of sp³-hybridized carbons (Fsp3) is 0.211. The van der Waals surface area contributed by atoms with E-state index in [-0.39, 0.29) is 5.17 Å². The molecule has 27 heavy (non-hydrogen) atoms. The Labute approximate surface area is 162 Å². The van der Waals surface area contributed by atoms with Crippen LogP contribution in [0.4, 0.5) is 11.6 Å². The lowest BCUT2D eigenvalue weighted by molar-refractivity contribution is 0.843. The number of fused-ring (bicyclic) bond motifs is 1. The molecule has 3 aromatic rings. The van der Waals surface area contributed by atoms with Crippen LogP contribution in [0, 0.1) is 5.41 Å². The second kappa shape index (κ2) is 8.09. The highest BCUT2D eigenvalue weighted by Gasteiger charge is 2.09. The van der Waals surface area contributed by atoms with E-state index in [2.05, 4.69) is 44.6 Å². The summed E-state index contributed by atoms with van der Waals surface area (Å²) < 4.78 is 0. The fourth-order valence-corrected chi connectivity index (χ4v) is 2.69. The molecule has 0 bridgehead atoms. The number of anilines is 2. The molecule has 7 nitrogen and oxygen atoms in total. The summed E-state index contributed by atoms with van der Waals surface area (Å²) in [5.74, 6) is 1.63. The summed E-state index contributed by atoms with van der Waals surface area (Å²) in [6, 6.07) is 7.53. The van der Waals surface area contributed by atoms with Crippen LogP contribution in [0.15, 0.2) is 42.9 Å². The normalized spacial score (nSPS) is 11.7. The second-order valence-corrected chi connectivity index (χ2v) is 6.65. The van der Waals surface area contributed by atoms with Gasteiger partial charge in [0.1, 0.15) is 11.0 Å². The molecule has 0 radical (unpaired) electrons. The van der Waals surface area contributed by atoms with Crippen LogP contribution >= 0.6 is 11.6 Å². The van der Waals surface area contributed by atoms with Gasteiger partial charge in [-0.05, 0) is 35.7 Å². The maximum absolute atomic E-state index is 7.73. The molecule has 0 aliphatic heterocycles. The lowest BCUT2D eigenvalue weighted by Gasteiger charge is -2.09. The van der Waals surface area contributed by atoms with Crippen molar-refractivity contribution in [3.63, 3.8) is 0 Å². The van der Waals surface area contributed by atoms with Crippen molar-refractivity contribution < 1.29 is 0 Å². The molecule has 0 atom stereocenters. The van der Waals surface area contributed by atoms with E-state index in [4.69, 9.17) is 17.0 Å². The monoisotopic (exact) mass is 381 g/mol. The van der Waals surface area contributed by atoms with Crippen molar-refractivity contribution in [3.8, 4) is 0 Å². The molecule has 0 fully saturated rings. The minimum absolute atomic E-state index is 0.0689. The predicted octanol–water partition coefficient (Wildman–Crippen LogP) is 4.06. The van der Waals surface area contributed by atoms with Crippen LogP contribution in [0.3, 0.4) is 0 Å². The number of nitrogens with one attached hydrogen (secondary N) is 3. The van der Waals surface area contributed by atoms with Gasteiger partial charge in [0.15, 0.2) is 5.82 Å².